The van der Waals surface area contributed by atoms with Gasteiger partial charge in [-0.3, -0.25) is 29.5 Å². The molecule has 1 N–H and O–H groups in total. The fourth-order valence-corrected chi connectivity index (χ4v) is 5.07. The Morgan fingerprint density at radius 2 is 2.16 bits per heavy atom. The highest BCUT2D eigenvalue weighted by Crippen LogP contribution is 2.34. The van der Waals surface area contributed by atoms with Crippen LogP contribution in [0.3, 0.4) is 0 Å². The summed E-state index contributed by atoms with van der Waals surface area (Å²) in [5.74, 6) is 0.611. The van der Waals surface area contributed by atoms with Crippen LogP contribution in [0.5, 0.6) is 0 Å². The number of carbonyl (C=O) groups excluding carboxylic acids is 3. The third-order valence-electron chi connectivity index (χ3n) is 5.42. The van der Waals surface area contributed by atoms with Gasteiger partial charge in [-0.25, -0.2) is 4.79 Å². The Morgan fingerprint density at radius 3 is 2.81 bits per heavy atom. The van der Waals surface area contributed by atoms with E-state index in [-0.39, 0.29) is 17.7 Å². The molecule has 9 nitrogen and oxygen atoms in total. The van der Waals surface area contributed by atoms with Crippen LogP contribution in [0.15, 0.2) is 39.7 Å². The summed E-state index contributed by atoms with van der Waals surface area (Å²) < 4.78 is 6.05. The van der Waals surface area contributed by atoms with Gasteiger partial charge in [0.1, 0.15) is 11.9 Å². The minimum absolute atomic E-state index is 0.112. The molecule has 11 heteroatoms. The van der Waals surface area contributed by atoms with Gasteiger partial charge in [0.2, 0.25) is 12.3 Å². The molecule has 1 aromatic carbocycles. The van der Waals surface area contributed by atoms with Gasteiger partial charge in [-0.15, -0.1) is 11.8 Å². The number of amides is 3. The third-order valence-corrected chi connectivity index (χ3v) is 6.93. The van der Waals surface area contributed by atoms with Crippen LogP contribution in [-0.4, -0.2) is 78.3 Å². The molecule has 0 aliphatic carbocycles. The molecule has 0 radical (unpaired) electrons. The van der Waals surface area contributed by atoms with Crippen LogP contribution in [0.25, 0.3) is 0 Å². The largest absolute Gasteiger partial charge is 0.442 e. The van der Waals surface area contributed by atoms with Crippen LogP contribution in [0.1, 0.15) is 18.9 Å². The number of nitrogens with one attached hydrogen (secondary N) is 1. The lowest BCUT2D eigenvalue weighted by Crippen LogP contribution is -2.50. The number of benzene rings is 1. The Labute approximate surface area is 195 Å². The number of rotatable bonds is 7. The second-order valence-electron chi connectivity index (χ2n) is 7.45. The van der Waals surface area contributed by atoms with E-state index in [1.165, 1.54) is 11.8 Å². The fourth-order valence-electron chi connectivity index (χ4n) is 3.81. The first-order valence-corrected chi connectivity index (χ1v) is 11.7. The minimum Gasteiger partial charge on any atom is -0.442 e. The molecular formula is C21H24ClN5O4S. The maximum Gasteiger partial charge on any atom is 0.414 e. The maximum atomic E-state index is 12.4. The molecule has 1 unspecified atom stereocenters. The lowest BCUT2D eigenvalue weighted by atomic mass is 10.1. The molecule has 1 fully saturated rings. The quantitative estimate of drug-likeness (QED) is 0.605. The van der Waals surface area contributed by atoms with E-state index in [4.69, 9.17) is 16.3 Å². The molecule has 0 aromatic heterocycles. The number of ether oxygens (including phenoxy) is 1. The number of thioether (sulfide) groups is 1. The highest BCUT2D eigenvalue weighted by atomic mass is 35.5. The maximum absolute atomic E-state index is 12.4. The van der Waals surface area contributed by atoms with E-state index >= 15 is 0 Å². The summed E-state index contributed by atoms with van der Waals surface area (Å²) in [7, 11) is 0. The van der Waals surface area contributed by atoms with Gasteiger partial charge >= 0.3 is 6.09 Å². The molecule has 0 bridgehead atoms. The summed E-state index contributed by atoms with van der Waals surface area (Å²) in [5, 5.41) is 6.06. The first-order chi connectivity index (χ1) is 15.5. The lowest BCUT2D eigenvalue weighted by molar-refractivity contribution is -0.128. The lowest BCUT2D eigenvalue weighted by Gasteiger charge is -2.36. The minimum atomic E-state index is -0.450. The molecule has 1 aromatic rings. The Bertz CT molecular complexity index is 954. The SMILES string of the molecule is CCN1C(c2ccc(N3C[C@H](CNC(=O)C4CC=C(Cl)S4)OC3=O)cc2)=NCCN1C=O. The number of halogens is 1. The summed E-state index contributed by atoms with van der Waals surface area (Å²) >= 11 is 7.25. The van der Waals surface area contributed by atoms with Gasteiger partial charge in [-0.1, -0.05) is 17.7 Å². The standard InChI is InChI=1S/C21H24ClN5O4S/c1-2-27-19(23-9-10-25(27)13-28)14-3-5-15(6-4-14)26-12-16(31-21(26)30)11-24-20(29)17-7-8-18(22)32-17/h3-6,8,13,16-17H,2,7,9-12H2,1H3,(H,24,29)/t16-,17?/m0/s1. The van der Waals surface area contributed by atoms with Crippen LogP contribution in [0.2, 0.25) is 0 Å². The first-order valence-electron chi connectivity index (χ1n) is 10.4. The predicted octanol–water partition coefficient (Wildman–Crippen LogP) is 2.17. The number of hydrogen-bond donors (Lipinski definition) is 1. The molecule has 3 aliphatic rings. The van der Waals surface area contributed by atoms with Gasteiger partial charge in [0.25, 0.3) is 0 Å². The second kappa shape index (κ2) is 9.83. The molecule has 3 heterocycles. The average molecular weight is 478 g/mol. The Hall–Kier alpha value is -2.72. The van der Waals surface area contributed by atoms with Crippen LogP contribution in [0, 0.1) is 0 Å². The van der Waals surface area contributed by atoms with E-state index in [9.17, 15) is 14.4 Å². The van der Waals surface area contributed by atoms with E-state index in [0.29, 0.717) is 42.7 Å². The summed E-state index contributed by atoms with van der Waals surface area (Å²) in [6, 6.07) is 7.41. The van der Waals surface area contributed by atoms with Crippen molar-refractivity contribution in [3.8, 4) is 0 Å². The molecule has 2 atom stereocenters. The summed E-state index contributed by atoms with van der Waals surface area (Å²) in [6.45, 7) is 4.27. The molecule has 3 aliphatic heterocycles. The van der Waals surface area contributed by atoms with Crippen LogP contribution in [-0.2, 0) is 14.3 Å². The van der Waals surface area contributed by atoms with Crippen molar-refractivity contribution in [2.45, 2.75) is 24.7 Å². The zero-order chi connectivity index (χ0) is 22.7. The van der Waals surface area contributed by atoms with Crippen LogP contribution in [0.4, 0.5) is 10.5 Å². The number of hydrogen-bond acceptors (Lipinski definition) is 7. The second-order valence-corrected chi connectivity index (χ2v) is 9.32. The van der Waals surface area contributed by atoms with Crippen molar-refractivity contribution in [1.29, 1.82) is 0 Å². The van der Waals surface area contributed by atoms with Gasteiger partial charge in [-0.2, -0.15) is 0 Å². The van der Waals surface area contributed by atoms with Gasteiger partial charge in [0, 0.05) is 17.8 Å². The number of cyclic esters (lactones) is 1. The number of allylic oxidation sites excluding steroid dienone is 1. The zero-order valence-corrected chi connectivity index (χ0v) is 19.1. The van der Waals surface area contributed by atoms with E-state index in [0.717, 1.165) is 17.8 Å². The number of nitrogens with zero attached hydrogens (tertiary/aromatic N) is 4. The first kappa shape index (κ1) is 22.5. The van der Waals surface area contributed by atoms with Crippen molar-refractivity contribution in [3.05, 3.63) is 40.3 Å². The van der Waals surface area contributed by atoms with Crippen molar-refractivity contribution >= 4 is 53.3 Å². The fraction of sp³-hybridized carbons (Fsp3) is 0.429. The Kier molecular flexibility index (Phi) is 6.90. The predicted molar refractivity (Wildman–Crippen MR) is 124 cm³/mol. The highest BCUT2D eigenvalue weighted by Gasteiger charge is 2.33. The summed E-state index contributed by atoms with van der Waals surface area (Å²) in [5.41, 5.74) is 1.56. The van der Waals surface area contributed by atoms with Gasteiger partial charge in [-0.05, 0) is 37.6 Å². The van der Waals surface area contributed by atoms with Crippen molar-refractivity contribution in [3.63, 3.8) is 0 Å². The number of amidine groups is 1. The molecule has 0 saturated carbocycles. The number of hydrazine groups is 1. The number of anilines is 1. The average Bonchev–Trinajstić information content (AvgIpc) is 3.42. The summed E-state index contributed by atoms with van der Waals surface area (Å²) in [6.07, 6.45) is 2.35. The number of aliphatic imine (C=N–C) groups is 1. The van der Waals surface area contributed by atoms with Crippen LogP contribution >= 0.6 is 23.4 Å². The van der Waals surface area contributed by atoms with Gasteiger partial charge in [0.05, 0.1) is 35.8 Å². The molecule has 3 amide bonds. The van der Waals surface area contributed by atoms with E-state index in [2.05, 4.69) is 10.3 Å². The van der Waals surface area contributed by atoms with E-state index in [1.807, 2.05) is 42.3 Å². The van der Waals surface area contributed by atoms with Gasteiger partial charge < -0.3 is 10.1 Å². The molecular weight excluding hydrogens is 454 g/mol. The van der Waals surface area contributed by atoms with Crippen molar-refractivity contribution in [2.75, 3.05) is 37.6 Å². The van der Waals surface area contributed by atoms with Crippen molar-refractivity contribution < 1.29 is 19.1 Å². The topological polar surface area (TPSA) is 94.6 Å². The van der Waals surface area contributed by atoms with E-state index < -0.39 is 12.2 Å². The van der Waals surface area contributed by atoms with Gasteiger partial charge in [0.15, 0.2) is 0 Å². The number of carbonyl (C=O) groups is 3. The molecule has 1 saturated heterocycles. The van der Waals surface area contributed by atoms with Crippen molar-refractivity contribution in [2.24, 2.45) is 4.99 Å². The molecule has 32 heavy (non-hydrogen) atoms. The third kappa shape index (κ3) is 4.71. The monoisotopic (exact) mass is 477 g/mol. The van der Waals surface area contributed by atoms with Crippen LogP contribution < -0.4 is 10.2 Å². The normalized spacial score (nSPS) is 23.1. The molecule has 0 spiro atoms. The van der Waals surface area contributed by atoms with Crippen molar-refractivity contribution in [1.82, 2.24) is 15.3 Å². The highest BCUT2D eigenvalue weighted by molar-refractivity contribution is 8.06. The zero-order valence-electron chi connectivity index (χ0n) is 17.6. The Morgan fingerprint density at radius 1 is 1.38 bits per heavy atom. The summed E-state index contributed by atoms with van der Waals surface area (Å²) in [4.78, 5) is 42.1. The molecule has 4 rings (SSSR count). The Balaban J connectivity index is 1.36. The van der Waals surface area contributed by atoms with E-state index in [1.54, 1.807) is 9.91 Å². The smallest absolute Gasteiger partial charge is 0.414 e. The molecule has 170 valence electrons.